The number of benzene rings is 2. The SMILES string of the molecule is [C-]#[N+]c1ccc(N2C(=O)C(C)(C)N(c3ccc(OCCC(=O)NC)cc3)C2=S)c(F)c1C. The predicted molar refractivity (Wildman–Crippen MR) is 125 cm³/mol. The van der Waals surface area contributed by atoms with Crippen molar-refractivity contribution in [3.8, 4) is 5.75 Å². The van der Waals surface area contributed by atoms with Crippen molar-refractivity contribution >= 4 is 46.2 Å². The molecule has 0 spiro atoms. The molecule has 0 atom stereocenters. The van der Waals surface area contributed by atoms with E-state index in [1.54, 1.807) is 50.1 Å². The molecule has 0 saturated carbocycles. The summed E-state index contributed by atoms with van der Waals surface area (Å²) >= 11 is 5.59. The van der Waals surface area contributed by atoms with Gasteiger partial charge >= 0.3 is 0 Å². The summed E-state index contributed by atoms with van der Waals surface area (Å²) in [4.78, 5) is 30.7. The number of hydrogen-bond acceptors (Lipinski definition) is 4. The standard InChI is InChI=1S/C23H23FN4O3S/c1-14-17(25-4)10-11-18(20(14)24)27-21(30)23(2,3)28(22(27)32)15-6-8-16(9-7-15)31-13-12-19(29)26-5/h6-11H,12-13H2,1-3,5H3,(H,26,29). The minimum absolute atomic E-state index is 0.0228. The summed E-state index contributed by atoms with van der Waals surface area (Å²) in [5.41, 5.74) is -0.0362. The van der Waals surface area contributed by atoms with Crippen LogP contribution in [0, 0.1) is 19.3 Å². The molecule has 1 heterocycles. The van der Waals surface area contributed by atoms with Gasteiger partial charge in [0.1, 0.15) is 17.1 Å². The first-order valence-corrected chi connectivity index (χ1v) is 10.3. The normalized spacial score (nSPS) is 15.0. The monoisotopic (exact) mass is 454 g/mol. The quantitative estimate of drug-likeness (QED) is 0.526. The molecular formula is C23H23FN4O3S. The van der Waals surface area contributed by atoms with Crippen LogP contribution in [-0.4, -0.2) is 36.1 Å². The largest absolute Gasteiger partial charge is 0.493 e. The second-order valence-corrected chi connectivity index (χ2v) is 8.10. The van der Waals surface area contributed by atoms with Gasteiger partial charge in [-0.2, -0.15) is 0 Å². The highest BCUT2D eigenvalue weighted by Crippen LogP contribution is 2.39. The molecule has 166 valence electrons. The van der Waals surface area contributed by atoms with Crippen molar-refractivity contribution in [3.05, 3.63) is 59.2 Å². The molecule has 3 rings (SSSR count). The molecule has 32 heavy (non-hydrogen) atoms. The van der Waals surface area contributed by atoms with Crippen molar-refractivity contribution in [2.45, 2.75) is 32.7 Å². The number of nitrogens with zero attached hydrogens (tertiary/aromatic N) is 3. The number of rotatable bonds is 6. The summed E-state index contributed by atoms with van der Waals surface area (Å²) in [5, 5.41) is 2.67. The van der Waals surface area contributed by atoms with Crippen molar-refractivity contribution in [3.63, 3.8) is 0 Å². The molecule has 1 aliphatic rings. The average molecular weight is 455 g/mol. The van der Waals surface area contributed by atoms with Crippen molar-refractivity contribution < 1.29 is 18.7 Å². The van der Waals surface area contributed by atoms with Gasteiger partial charge in [0.2, 0.25) is 5.91 Å². The van der Waals surface area contributed by atoms with Gasteiger partial charge in [-0.1, -0.05) is 6.07 Å². The maximum atomic E-state index is 15.0. The summed E-state index contributed by atoms with van der Waals surface area (Å²) in [6.45, 7) is 12.3. The number of anilines is 2. The van der Waals surface area contributed by atoms with E-state index in [1.165, 1.54) is 24.0 Å². The fourth-order valence-corrected chi connectivity index (χ4v) is 3.99. The van der Waals surface area contributed by atoms with Crippen LogP contribution in [0.3, 0.4) is 0 Å². The van der Waals surface area contributed by atoms with Crippen LogP contribution >= 0.6 is 12.2 Å². The number of carbonyl (C=O) groups is 2. The fourth-order valence-electron chi connectivity index (χ4n) is 3.47. The Morgan fingerprint density at radius 2 is 1.91 bits per heavy atom. The summed E-state index contributed by atoms with van der Waals surface area (Å²) in [5.74, 6) is -0.564. The summed E-state index contributed by atoms with van der Waals surface area (Å²) < 4.78 is 20.6. The van der Waals surface area contributed by atoms with E-state index in [4.69, 9.17) is 23.5 Å². The summed E-state index contributed by atoms with van der Waals surface area (Å²) in [6.07, 6.45) is 0.238. The van der Waals surface area contributed by atoms with Gasteiger partial charge in [0.05, 0.1) is 25.3 Å². The smallest absolute Gasteiger partial charge is 0.259 e. The highest BCUT2D eigenvalue weighted by atomic mass is 32.1. The average Bonchev–Trinajstić information content (AvgIpc) is 2.94. The van der Waals surface area contributed by atoms with E-state index in [-0.39, 0.29) is 46.9 Å². The van der Waals surface area contributed by atoms with Crippen LogP contribution in [0.5, 0.6) is 5.75 Å². The molecule has 1 aliphatic heterocycles. The lowest BCUT2D eigenvalue weighted by atomic mass is 10.0. The first kappa shape index (κ1) is 23.2. The molecule has 0 aliphatic carbocycles. The third-order valence-electron chi connectivity index (χ3n) is 5.34. The van der Waals surface area contributed by atoms with Crippen LogP contribution in [0.2, 0.25) is 0 Å². The van der Waals surface area contributed by atoms with Gasteiger partial charge in [0.25, 0.3) is 5.91 Å². The number of carbonyl (C=O) groups excluding carboxylic acids is 2. The van der Waals surface area contributed by atoms with Crippen LogP contribution in [0.4, 0.5) is 21.5 Å². The number of amides is 2. The molecule has 0 radical (unpaired) electrons. The Kier molecular flexibility index (Phi) is 6.46. The molecular weight excluding hydrogens is 431 g/mol. The maximum absolute atomic E-state index is 15.0. The topological polar surface area (TPSA) is 66.2 Å². The minimum atomic E-state index is -1.06. The second kappa shape index (κ2) is 8.93. The molecule has 2 amide bonds. The molecule has 0 bridgehead atoms. The molecule has 7 nitrogen and oxygen atoms in total. The Bertz CT molecular complexity index is 1130. The lowest BCUT2D eigenvalue weighted by Gasteiger charge is -2.29. The van der Waals surface area contributed by atoms with E-state index in [2.05, 4.69) is 10.2 Å². The zero-order valence-electron chi connectivity index (χ0n) is 18.2. The Labute approximate surface area is 191 Å². The molecule has 1 fully saturated rings. The Morgan fingerprint density at radius 3 is 2.50 bits per heavy atom. The minimum Gasteiger partial charge on any atom is -0.493 e. The first-order chi connectivity index (χ1) is 15.1. The van der Waals surface area contributed by atoms with E-state index < -0.39 is 11.4 Å². The van der Waals surface area contributed by atoms with E-state index in [9.17, 15) is 9.59 Å². The fraction of sp³-hybridized carbons (Fsp3) is 0.304. The van der Waals surface area contributed by atoms with Gasteiger partial charge in [-0.25, -0.2) is 9.24 Å². The zero-order valence-corrected chi connectivity index (χ0v) is 19.0. The van der Waals surface area contributed by atoms with Gasteiger partial charge in [-0.15, -0.1) is 0 Å². The lowest BCUT2D eigenvalue weighted by molar-refractivity contribution is -0.121. The molecule has 1 saturated heterocycles. The lowest BCUT2D eigenvalue weighted by Crippen LogP contribution is -2.44. The van der Waals surface area contributed by atoms with E-state index in [0.717, 1.165) is 0 Å². The summed E-state index contributed by atoms with van der Waals surface area (Å²) in [6, 6.07) is 9.84. The third kappa shape index (κ3) is 4.01. The molecule has 0 unspecified atom stereocenters. The van der Waals surface area contributed by atoms with E-state index in [0.29, 0.717) is 11.4 Å². The van der Waals surface area contributed by atoms with E-state index >= 15 is 4.39 Å². The van der Waals surface area contributed by atoms with Crippen molar-refractivity contribution in [1.29, 1.82) is 0 Å². The molecule has 0 aromatic heterocycles. The Morgan fingerprint density at radius 1 is 1.25 bits per heavy atom. The maximum Gasteiger partial charge on any atom is 0.259 e. The van der Waals surface area contributed by atoms with Crippen LogP contribution < -0.4 is 19.9 Å². The highest BCUT2D eigenvalue weighted by Gasteiger charge is 2.51. The number of halogens is 1. The first-order valence-electron chi connectivity index (χ1n) is 9.92. The van der Waals surface area contributed by atoms with Gasteiger partial charge in [0.15, 0.2) is 10.8 Å². The third-order valence-corrected chi connectivity index (χ3v) is 5.70. The number of ether oxygens (including phenoxy) is 1. The summed E-state index contributed by atoms with van der Waals surface area (Å²) in [7, 11) is 1.56. The molecule has 2 aromatic carbocycles. The number of nitrogens with one attached hydrogen (secondary N) is 1. The molecule has 9 heteroatoms. The highest BCUT2D eigenvalue weighted by molar-refractivity contribution is 7.81. The van der Waals surface area contributed by atoms with Crippen molar-refractivity contribution in [2.75, 3.05) is 23.5 Å². The van der Waals surface area contributed by atoms with Crippen LogP contribution in [0.15, 0.2) is 36.4 Å². The second-order valence-electron chi connectivity index (χ2n) is 7.74. The molecule has 2 aromatic rings. The van der Waals surface area contributed by atoms with Gasteiger partial charge in [0, 0.05) is 12.7 Å². The number of thiocarbonyl (C=S) groups is 1. The Hall–Kier alpha value is -3.51. The van der Waals surface area contributed by atoms with Gasteiger partial charge in [-0.3, -0.25) is 14.5 Å². The van der Waals surface area contributed by atoms with Crippen molar-refractivity contribution in [1.82, 2.24) is 5.32 Å². The van der Waals surface area contributed by atoms with E-state index in [1.807, 2.05) is 0 Å². The van der Waals surface area contributed by atoms with Crippen LogP contribution in [-0.2, 0) is 9.59 Å². The zero-order chi connectivity index (χ0) is 23.6. The predicted octanol–water partition coefficient (Wildman–Crippen LogP) is 4.12. The van der Waals surface area contributed by atoms with Crippen LogP contribution in [0.1, 0.15) is 25.8 Å². The van der Waals surface area contributed by atoms with Crippen LogP contribution in [0.25, 0.3) is 4.85 Å². The number of hydrogen-bond donors (Lipinski definition) is 1. The van der Waals surface area contributed by atoms with Crippen molar-refractivity contribution in [2.24, 2.45) is 0 Å². The molecule has 1 N–H and O–H groups in total. The van der Waals surface area contributed by atoms with Gasteiger partial charge in [-0.05, 0) is 68.9 Å². The van der Waals surface area contributed by atoms with Gasteiger partial charge < -0.3 is 15.0 Å². The Balaban J connectivity index is 1.88.